The van der Waals surface area contributed by atoms with Crippen LogP contribution in [0.2, 0.25) is 0 Å². The minimum atomic E-state index is -0.169. The molecule has 4 nitrogen and oxygen atoms in total. The fraction of sp³-hybridized carbons (Fsp3) is 0.500. The molecule has 0 saturated heterocycles. The number of nitrogens with one attached hydrogen (secondary N) is 1. The number of nitrogens with two attached hydrogens (primary N) is 1. The summed E-state index contributed by atoms with van der Waals surface area (Å²) in [6.45, 7) is 6.88. The maximum absolute atomic E-state index is 11.9. The summed E-state index contributed by atoms with van der Waals surface area (Å²) in [7, 11) is 3.68. The Kier molecular flexibility index (Phi) is 4.38. The van der Waals surface area contributed by atoms with Gasteiger partial charge in [-0.2, -0.15) is 0 Å². The monoisotopic (exact) mass is 237 g/mol. The van der Waals surface area contributed by atoms with Gasteiger partial charge in [-0.15, -0.1) is 0 Å². The first-order valence-electron chi connectivity index (χ1n) is 5.18. The van der Waals surface area contributed by atoms with Gasteiger partial charge in [0.1, 0.15) is 0 Å². The second kappa shape index (κ2) is 5.36. The average Bonchev–Trinajstić information content (AvgIpc) is 2.25. The molecule has 6 heteroatoms. The number of rotatable bonds is 4. The van der Waals surface area contributed by atoms with Crippen LogP contribution in [0, 0.1) is 15.9 Å². The summed E-state index contributed by atoms with van der Waals surface area (Å²) >= 11 is 5.08. The molecule has 0 spiro atoms. The molecule has 1 rings (SSSR count). The predicted octanol–water partition coefficient (Wildman–Crippen LogP) is -0.547. The minimum absolute atomic E-state index is 0.169. The van der Waals surface area contributed by atoms with Crippen LogP contribution in [-0.4, -0.2) is 23.6 Å². The van der Waals surface area contributed by atoms with E-state index in [1.165, 1.54) is 4.57 Å². The van der Waals surface area contributed by atoms with E-state index in [0.29, 0.717) is 34.2 Å². The van der Waals surface area contributed by atoms with Gasteiger partial charge in [0.2, 0.25) is 0 Å². The topological polar surface area (TPSA) is 63.8 Å². The molecule has 0 bridgehead atoms. The van der Waals surface area contributed by atoms with Crippen LogP contribution >= 0.6 is 12.2 Å². The van der Waals surface area contributed by atoms with Gasteiger partial charge in [-0.05, 0) is 0 Å². The van der Waals surface area contributed by atoms with Crippen molar-refractivity contribution in [3.8, 4) is 0 Å². The molecule has 0 aliphatic heterocycles. The van der Waals surface area contributed by atoms with Crippen molar-refractivity contribution < 1.29 is 0 Å². The van der Waals surface area contributed by atoms with Crippen molar-refractivity contribution >= 4 is 26.3 Å². The third-order valence-electron chi connectivity index (χ3n) is 2.62. The molecule has 1 aromatic heterocycles. The van der Waals surface area contributed by atoms with Gasteiger partial charge in [0, 0.05) is 0 Å². The molecule has 0 radical (unpaired) electrons. The molecule has 0 saturated carbocycles. The summed E-state index contributed by atoms with van der Waals surface area (Å²) in [5.41, 5.74) is 5.35. The Labute approximate surface area is 99.9 Å². The molecule has 1 heterocycles. The zero-order valence-corrected chi connectivity index (χ0v) is 10.3. The van der Waals surface area contributed by atoms with E-state index in [1.54, 1.807) is 0 Å². The normalized spacial score (nSPS) is 12.6. The van der Waals surface area contributed by atoms with E-state index < -0.39 is 0 Å². The third kappa shape index (κ3) is 2.77. The van der Waals surface area contributed by atoms with Gasteiger partial charge in [-0.3, -0.25) is 0 Å². The molecule has 0 aliphatic rings. The van der Waals surface area contributed by atoms with E-state index in [1.807, 2.05) is 6.92 Å². The molecular formula is C10H16BN3OS. The Morgan fingerprint density at radius 2 is 2.31 bits per heavy atom. The van der Waals surface area contributed by atoms with Crippen LogP contribution in [0.1, 0.15) is 13.3 Å². The van der Waals surface area contributed by atoms with E-state index in [2.05, 4.69) is 19.1 Å². The van der Waals surface area contributed by atoms with Crippen LogP contribution in [0.3, 0.4) is 0 Å². The second-order valence-electron chi connectivity index (χ2n) is 3.97. The average molecular weight is 237 g/mol. The van der Waals surface area contributed by atoms with Crippen LogP contribution in [0.5, 0.6) is 0 Å². The summed E-state index contributed by atoms with van der Waals surface area (Å²) in [6, 6.07) is 0. The molecule has 0 aliphatic carbocycles. The molecule has 0 amide bonds. The number of nitrogens with zero attached hydrogens (tertiary/aromatic N) is 1. The van der Waals surface area contributed by atoms with Gasteiger partial charge in [0.05, 0.1) is 0 Å². The molecule has 86 valence electrons. The van der Waals surface area contributed by atoms with Crippen molar-refractivity contribution in [2.45, 2.75) is 19.9 Å². The molecule has 16 heavy (non-hydrogen) atoms. The second-order valence-corrected chi connectivity index (χ2v) is 4.36. The predicted molar refractivity (Wildman–Crippen MR) is 69.9 cm³/mol. The van der Waals surface area contributed by atoms with Gasteiger partial charge in [-0.1, -0.05) is 0 Å². The van der Waals surface area contributed by atoms with Crippen LogP contribution < -0.4 is 16.5 Å². The van der Waals surface area contributed by atoms with E-state index in [9.17, 15) is 4.79 Å². The molecule has 0 fully saturated rings. The van der Waals surface area contributed by atoms with Gasteiger partial charge >= 0.3 is 99.5 Å². The first-order valence-corrected chi connectivity index (χ1v) is 5.59. The third-order valence-corrected chi connectivity index (χ3v) is 2.94. The van der Waals surface area contributed by atoms with Gasteiger partial charge in [0.15, 0.2) is 0 Å². The molecule has 1 atom stereocenters. The van der Waals surface area contributed by atoms with Crippen LogP contribution in [0.4, 0.5) is 0 Å². The number of hydrogen-bond acceptors (Lipinski definition) is 3. The van der Waals surface area contributed by atoms with Gasteiger partial charge in [-0.25, -0.2) is 0 Å². The number of hydrogen-bond donors (Lipinski definition) is 2. The van der Waals surface area contributed by atoms with Crippen LogP contribution in [-0.2, 0) is 6.54 Å². The van der Waals surface area contributed by atoms with Crippen LogP contribution in [0.25, 0.3) is 6.58 Å². The summed E-state index contributed by atoms with van der Waals surface area (Å²) < 4.78 is 1.91. The van der Waals surface area contributed by atoms with Gasteiger partial charge < -0.3 is 0 Å². The summed E-state index contributed by atoms with van der Waals surface area (Å²) in [5, 5.41) is 0.854. The van der Waals surface area contributed by atoms with Crippen molar-refractivity contribution in [2.24, 2.45) is 11.7 Å². The van der Waals surface area contributed by atoms with E-state index >= 15 is 0 Å². The Morgan fingerprint density at radius 1 is 1.69 bits per heavy atom. The molecule has 1 unspecified atom stereocenters. The fourth-order valence-electron chi connectivity index (χ4n) is 1.33. The van der Waals surface area contributed by atoms with Crippen molar-refractivity contribution in [1.29, 1.82) is 0 Å². The van der Waals surface area contributed by atoms with Crippen molar-refractivity contribution in [3.63, 3.8) is 0 Å². The first kappa shape index (κ1) is 13.1. The first-order chi connectivity index (χ1) is 7.47. The Balaban J connectivity index is 3.12. The Hall–Kier alpha value is -1.01. The number of aromatic nitrogens is 2. The Bertz CT molecular complexity index is 577. The van der Waals surface area contributed by atoms with E-state index in [4.69, 9.17) is 18.0 Å². The van der Waals surface area contributed by atoms with E-state index in [-0.39, 0.29) is 5.56 Å². The quantitative estimate of drug-likeness (QED) is 0.545. The SMILES string of the molecule is B=c1[nH]c(=S)n(CCC(C)CN)c(=O)c1=C. The fourth-order valence-corrected chi connectivity index (χ4v) is 1.62. The number of H-pyrrole nitrogens is 1. The standard InChI is InChI=1S/C10H16BN3OS/c1-6(5-12)3-4-14-9(15)7(2)8(11)13-10(14)16/h6,11H,2-5,12H2,1H3,(H,13,16). The summed E-state index contributed by atoms with van der Waals surface area (Å²) in [4.78, 5) is 14.7. The number of aromatic amines is 1. The zero-order chi connectivity index (χ0) is 12.3. The van der Waals surface area contributed by atoms with Crippen molar-refractivity contribution in [2.75, 3.05) is 6.54 Å². The summed E-state index contributed by atoms with van der Waals surface area (Å²) in [5.74, 6) is 0.369. The maximum atomic E-state index is 11.9. The van der Waals surface area contributed by atoms with Gasteiger partial charge in [0.25, 0.3) is 0 Å². The summed E-state index contributed by atoms with van der Waals surface area (Å²) in [6.07, 6.45) is 0.823. The van der Waals surface area contributed by atoms with E-state index in [0.717, 1.165) is 6.42 Å². The molecule has 1 aromatic rings. The molecule has 0 aromatic carbocycles. The molecular weight excluding hydrogens is 221 g/mol. The van der Waals surface area contributed by atoms with Crippen LogP contribution in [0.15, 0.2) is 4.79 Å². The zero-order valence-electron chi connectivity index (χ0n) is 9.45. The van der Waals surface area contributed by atoms with Crippen molar-refractivity contribution in [1.82, 2.24) is 9.55 Å². The van der Waals surface area contributed by atoms with Crippen molar-refractivity contribution in [3.05, 3.63) is 25.6 Å². The Morgan fingerprint density at radius 3 is 2.88 bits per heavy atom. The molecule has 3 N–H and O–H groups in total.